The summed E-state index contributed by atoms with van der Waals surface area (Å²) in [5.74, 6) is -2.11. The first-order valence-electron chi connectivity index (χ1n) is 12.3. The van der Waals surface area contributed by atoms with Crippen molar-refractivity contribution in [2.45, 2.75) is 43.9 Å². The van der Waals surface area contributed by atoms with Crippen LogP contribution >= 0.6 is 11.6 Å². The summed E-state index contributed by atoms with van der Waals surface area (Å²) >= 11 is 6.01. The number of anilines is 1. The smallest absolute Gasteiger partial charge is 0.253 e. The van der Waals surface area contributed by atoms with Crippen LogP contribution in [-0.4, -0.2) is 63.9 Å². The molecule has 2 saturated heterocycles. The lowest BCUT2D eigenvalue weighted by Gasteiger charge is -2.57. The second-order valence-corrected chi connectivity index (χ2v) is 10.4. The fraction of sp³-hybridized carbons (Fsp3) is 0.407. The van der Waals surface area contributed by atoms with E-state index in [1.165, 1.54) is 17.0 Å². The zero-order chi connectivity index (χ0) is 26.3. The number of halogens is 2. The van der Waals surface area contributed by atoms with Gasteiger partial charge in [0.1, 0.15) is 17.9 Å². The average molecular weight is 525 g/mol. The van der Waals surface area contributed by atoms with E-state index < -0.39 is 29.3 Å². The number of hydrogen-bond acceptors (Lipinski definition) is 5. The largest absolute Gasteiger partial charge is 0.393 e. The summed E-state index contributed by atoms with van der Waals surface area (Å²) in [4.78, 5) is 45.0. The van der Waals surface area contributed by atoms with Crippen LogP contribution in [0.15, 0.2) is 42.5 Å². The van der Waals surface area contributed by atoms with Crippen molar-refractivity contribution in [2.75, 3.05) is 24.5 Å². The summed E-state index contributed by atoms with van der Waals surface area (Å²) in [5.41, 5.74) is -0.465. The molecule has 37 heavy (non-hydrogen) atoms. The van der Waals surface area contributed by atoms with Crippen LogP contribution in [0.25, 0.3) is 0 Å². The number of rotatable bonds is 4. The van der Waals surface area contributed by atoms with Crippen LogP contribution in [0.3, 0.4) is 0 Å². The molecule has 3 amide bonds. The summed E-state index contributed by atoms with van der Waals surface area (Å²) in [5, 5.41) is 19.4. The minimum Gasteiger partial charge on any atom is -0.393 e. The maximum atomic E-state index is 14.9. The van der Waals surface area contributed by atoms with Gasteiger partial charge in [-0.25, -0.2) is 4.39 Å². The van der Waals surface area contributed by atoms with Crippen molar-refractivity contribution < 1.29 is 23.9 Å². The van der Waals surface area contributed by atoms with Gasteiger partial charge in [0.25, 0.3) is 5.91 Å². The third-order valence-electron chi connectivity index (χ3n) is 7.67. The molecule has 2 heterocycles. The number of nitrogens with zero attached hydrogens (tertiary/aromatic N) is 4. The molecule has 2 aliphatic heterocycles. The summed E-state index contributed by atoms with van der Waals surface area (Å²) in [6.07, 6.45) is 0.875. The van der Waals surface area contributed by atoms with E-state index in [9.17, 15) is 23.9 Å². The molecule has 0 bridgehead atoms. The first-order valence-corrected chi connectivity index (χ1v) is 12.6. The summed E-state index contributed by atoms with van der Waals surface area (Å²) in [7, 11) is 0. The predicted octanol–water partition coefficient (Wildman–Crippen LogP) is 2.86. The minimum atomic E-state index is -1.29. The van der Waals surface area contributed by atoms with Crippen molar-refractivity contribution in [3.05, 3.63) is 64.4 Å². The molecule has 0 aromatic heterocycles. The Labute approximate surface area is 218 Å². The van der Waals surface area contributed by atoms with Gasteiger partial charge in [-0.1, -0.05) is 23.7 Å². The van der Waals surface area contributed by atoms with E-state index in [1.807, 2.05) is 6.07 Å². The highest BCUT2D eigenvalue weighted by atomic mass is 35.5. The van der Waals surface area contributed by atoms with Crippen LogP contribution in [-0.2, 0) is 20.9 Å². The number of amides is 3. The molecular formula is C27H26ClFN4O4. The fourth-order valence-corrected chi connectivity index (χ4v) is 5.70. The molecule has 1 aliphatic carbocycles. The number of piperidine rings is 1. The topological polar surface area (TPSA) is 105 Å². The number of likely N-dealkylation sites (tertiary alicyclic amines) is 1. The molecular weight excluding hydrogens is 499 g/mol. The van der Waals surface area contributed by atoms with Gasteiger partial charge in [-0.3, -0.25) is 19.3 Å². The maximum Gasteiger partial charge on any atom is 0.253 e. The third-order valence-corrected chi connectivity index (χ3v) is 7.92. The van der Waals surface area contributed by atoms with E-state index in [0.717, 1.165) is 16.5 Å². The highest BCUT2D eigenvalue weighted by Crippen LogP contribution is 2.48. The Morgan fingerprint density at radius 2 is 1.81 bits per heavy atom. The van der Waals surface area contributed by atoms with Crippen LogP contribution < -0.4 is 4.90 Å². The number of hydrogen-bond donors (Lipinski definition) is 1. The molecule has 2 aromatic rings. The summed E-state index contributed by atoms with van der Waals surface area (Å²) in [6, 6.07) is 12.6. The SMILES string of the molecule is N#Cc1ccc(N2CC(=O)N(Cc3ccc(Cl)cc3)C3(CC(C(=O)N4CCC(O)CC4)C3)C2=O)c(F)c1. The lowest BCUT2D eigenvalue weighted by atomic mass is 9.64. The fourth-order valence-electron chi connectivity index (χ4n) is 5.57. The third kappa shape index (κ3) is 4.56. The van der Waals surface area contributed by atoms with Gasteiger partial charge in [0.15, 0.2) is 0 Å². The molecule has 0 radical (unpaired) electrons. The Balaban J connectivity index is 1.44. The van der Waals surface area contributed by atoms with E-state index in [0.29, 0.717) is 31.0 Å². The molecule has 0 atom stereocenters. The van der Waals surface area contributed by atoms with Gasteiger partial charge in [0, 0.05) is 30.6 Å². The van der Waals surface area contributed by atoms with E-state index in [-0.39, 0.29) is 49.0 Å². The number of carbonyl (C=O) groups excluding carboxylic acids is 3. The molecule has 2 aromatic carbocycles. The lowest BCUT2D eigenvalue weighted by molar-refractivity contribution is -0.168. The van der Waals surface area contributed by atoms with Gasteiger partial charge >= 0.3 is 0 Å². The first-order chi connectivity index (χ1) is 17.7. The zero-order valence-corrected chi connectivity index (χ0v) is 20.8. The van der Waals surface area contributed by atoms with Gasteiger partial charge in [0.2, 0.25) is 11.8 Å². The molecule has 1 spiro atoms. The zero-order valence-electron chi connectivity index (χ0n) is 20.1. The normalized spacial score (nSPS) is 24.3. The molecule has 3 aliphatic rings. The van der Waals surface area contributed by atoms with Crippen LogP contribution in [0.5, 0.6) is 0 Å². The molecule has 3 fully saturated rings. The van der Waals surface area contributed by atoms with Crippen molar-refractivity contribution in [2.24, 2.45) is 5.92 Å². The van der Waals surface area contributed by atoms with Crippen molar-refractivity contribution >= 4 is 35.0 Å². The van der Waals surface area contributed by atoms with Crippen molar-refractivity contribution in [1.29, 1.82) is 5.26 Å². The van der Waals surface area contributed by atoms with Crippen LogP contribution in [0.4, 0.5) is 10.1 Å². The van der Waals surface area contributed by atoms with Gasteiger partial charge in [-0.05, 0) is 61.6 Å². The van der Waals surface area contributed by atoms with E-state index in [4.69, 9.17) is 16.9 Å². The Hall–Kier alpha value is -3.48. The highest BCUT2D eigenvalue weighted by Gasteiger charge is 2.62. The van der Waals surface area contributed by atoms with E-state index >= 15 is 0 Å². The van der Waals surface area contributed by atoms with Crippen molar-refractivity contribution in [3.8, 4) is 6.07 Å². The quantitative estimate of drug-likeness (QED) is 0.662. The summed E-state index contributed by atoms with van der Waals surface area (Å²) < 4.78 is 14.9. The maximum absolute atomic E-state index is 14.9. The Morgan fingerprint density at radius 1 is 1.14 bits per heavy atom. The number of aliphatic hydroxyl groups excluding tert-OH is 1. The van der Waals surface area contributed by atoms with E-state index in [1.54, 1.807) is 29.2 Å². The first kappa shape index (κ1) is 25.2. The standard InChI is InChI=1S/C27H26ClFN4O4/c28-20-4-1-17(2-5-20)15-33-24(35)16-32(23-6-3-18(14-30)11-22(23)29)26(37)27(33)12-19(13-27)25(36)31-9-7-21(34)8-10-31/h1-6,11,19,21,34H,7-10,12-13,15-16H2. The Bertz CT molecular complexity index is 1280. The number of carbonyl (C=O) groups is 3. The monoisotopic (exact) mass is 524 g/mol. The molecule has 1 saturated carbocycles. The molecule has 1 N–H and O–H groups in total. The van der Waals surface area contributed by atoms with Crippen LogP contribution in [0.1, 0.15) is 36.8 Å². The average Bonchev–Trinajstić information content (AvgIpc) is 2.86. The molecule has 5 rings (SSSR count). The lowest BCUT2D eigenvalue weighted by Crippen LogP contribution is -2.74. The number of piperazine rings is 1. The summed E-state index contributed by atoms with van der Waals surface area (Å²) in [6.45, 7) is 0.711. The second-order valence-electron chi connectivity index (χ2n) is 9.97. The number of nitriles is 1. The Kier molecular flexibility index (Phi) is 6.65. The minimum absolute atomic E-state index is 0.0670. The number of aliphatic hydroxyl groups is 1. The second kappa shape index (κ2) is 9.77. The van der Waals surface area contributed by atoms with E-state index in [2.05, 4.69) is 0 Å². The van der Waals surface area contributed by atoms with Crippen molar-refractivity contribution in [3.63, 3.8) is 0 Å². The Morgan fingerprint density at radius 3 is 2.43 bits per heavy atom. The molecule has 10 heteroatoms. The van der Waals surface area contributed by atoms with Gasteiger partial charge in [-0.2, -0.15) is 5.26 Å². The van der Waals surface area contributed by atoms with Gasteiger partial charge < -0.3 is 14.9 Å². The number of benzene rings is 2. The predicted molar refractivity (Wildman–Crippen MR) is 133 cm³/mol. The molecule has 192 valence electrons. The van der Waals surface area contributed by atoms with Gasteiger partial charge in [-0.15, -0.1) is 0 Å². The van der Waals surface area contributed by atoms with Crippen molar-refractivity contribution in [1.82, 2.24) is 9.80 Å². The van der Waals surface area contributed by atoms with Crippen LogP contribution in [0, 0.1) is 23.1 Å². The van der Waals surface area contributed by atoms with Crippen LogP contribution in [0.2, 0.25) is 5.02 Å². The molecule has 8 nitrogen and oxygen atoms in total. The highest BCUT2D eigenvalue weighted by molar-refractivity contribution is 6.30. The molecule has 0 unspecified atom stereocenters. The van der Waals surface area contributed by atoms with Gasteiger partial charge in [0.05, 0.1) is 23.4 Å².